The van der Waals surface area contributed by atoms with Crippen LogP contribution in [0.15, 0.2) is 41.1 Å². The minimum Gasteiger partial charge on any atom is -0.506 e. The van der Waals surface area contributed by atoms with Crippen LogP contribution in [0.2, 0.25) is 0 Å². The molecule has 1 nitrogen and oxygen atoms in total. The minimum absolute atomic E-state index is 0.367. The van der Waals surface area contributed by atoms with Gasteiger partial charge >= 0.3 is 0 Å². The van der Waals surface area contributed by atoms with E-state index in [-0.39, 0.29) is 0 Å². The maximum Gasteiger partial charge on any atom is 0.134 e. The second-order valence-electron chi connectivity index (χ2n) is 2.54. The standard InChI is InChI=1S/C10H8OS/c11-10-7-12-6-9(10)8-4-2-1-3-5-8/h1-7,11H. The van der Waals surface area contributed by atoms with Gasteiger partial charge in [-0.05, 0) is 5.56 Å². The van der Waals surface area contributed by atoms with Crippen molar-refractivity contribution in [3.63, 3.8) is 0 Å². The van der Waals surface area contributed by atoms with Crippen LogP contribution in [0.1, 0.15) is 0 Å². The highest BCUT2D eigenvalue weighted by Gasteiger charge is 2.02. The molecule has 0 fully saturated rings. The molecule has 1 aromatic heterocycles. The van der Waals surface area contributed by atoms with Gasteiger partial charge in [0.1, 0.15) is 5.75 Å². The number of thiophene rings is 1. The van der Waals surface area contributed by atoms with Crippen molar-refractivity contribution in [1.82, 2.24) is 0 Å². The molecule has 0 atom stereocenters. The van der Waals surface area contributed by atoms with E-state index in [1.807, 2.05) is 35.7 Å². The molecule has 2 aromatic rings. The molecule has 1 N–H and O–H groups in total. The van der Waals surface area contributed by atoms with Crippen LogP contribution in [-0.4, -0.2) is 5.11 Å². The Kier molecular flexibility index (Phi) is 1.84. The first kappa shape index (κ1) is 7.37. The number of hydrogen-bond acceptors (Lipinski definition) is 2. The highest BCUT2D eigenvalue weighted by molar-refractivity contribution is 7.08. The lowest BCUT2D eigenvalue weighted by molar-refractivity contribution is 0.480. The Hall–Kier alpha value is -1.28. The fourth-order valence-electron chi connectivity index (χ4n) is 1.12. The number of rotatable bonds is 1. The Bertz CT molecular complexity index is 364. The number of hydrogen-bond donors (Lipinski definition) is 1. The highest BCUT2D eigenvalue weighted by atomic mass is 32.1. The van der Waals surface area contributed by atoms with Crippen molar-refractivity contribution in [2.75, 3.05) is 0 Å². The van der Waals surface area contributed by atoms with E-state index in [4.69, 9.17) is 0 Å². The second-order valence-corrected chi connectivity index (χ2v) is 3.28. The van der Waals surface area contributed by atoms with Gasteiger partial charge in [0.2, 0.25) is 0 Å². The molecule has 0 bridgehead atoms. The van der Waals surface area contributed by atoms with Gasteiger partial charge in [-0.1, -0.05) is 30.3 Å². The second kappa shape index (κ2) is 2.99. The zero-order chi connectivity index (χ0) is 8.39. The third-order valence-corrected chi connectivity index (χ3v) is 2.46. The van der Waals surface area contributed by atoms with Crippen LogP contribution in [0.5, 0.6) is 5.75 Å². The summed E-state index contributed by atoms with van der Waals surface area (Å²) in [6, 6.07) is 9.87. The summed E-state index contributed by atoms with van der Waals surface area (Å²) in [6.45, 7) is 0. The summed E-state index contributed by atoms with van der Waals surface area (Å²) in [5.74, 6) is 0.367. The quantitative estimate of drug-likeness (QED) is 0.707. The molecule has 0 aliphatic heterocycles. The van der Waals surface area contributed by atoms with Gasteiger partial charge in [-0.15, -0.1) is 11.3 Å². The highest BCUT2D eigenvalue weighted by Crippen LogP contribution is 2.31. The molecule has 0 aliphatic carbocycles. The third-order valence-electron chi connectivity index (χ3n) is 1.73. The van der Waals surface area contributed by atoms with Crippen LogP contribution >= 0.6 is 11.3 Å². The van der Waals surface area contributed by atoms with Gasteiger partial charge in [0, 0.05) is 16.3 Å². The van der Waals surface area contributed by atoms with E-state index in [0.29, 0.717) is 5.75 Å². The van der Waals surface area contributed by atoms with E-state index >= 15 is 0 Å². The first-order valence-corrected chi connectivity index (χ1v) is 4.63. The Morgan fingerprint density at radius 3 is 2.33 bits per heavy atom. The zero-order valence-electron chi connectivity index (χ0n) is 6.40. The molecule has 1 heterocycles. The van der Waals surface area contributed by atoms with Gasteiger partial charge < -0.3 is 5.11 Å². The van der Waals surface area contributed by atoms with E-state index in [1.54, 1.807) is 5.38 Å². The number of benzene rings is 1. The molecule has 0 aliphatic rings. The average Bonchev–Trinajstić information content (AvgIpc) is 2.53. The zero-order valence-corrected chi connectivity index (χ0v) is 7.21. The summed E-state index contributed by atoms with van der Waals surface area (Å²) in [5.41, 5.74) is 1.98. The Morgan fingerprint density at radius 1 is 1.00 bits per heavy atom. The summed E-state index contributed by atoms with van der Waals surface area (Å²) in [4.78, 5) is 0. The number of aromatic hydroxyl groups is 1. The predicted octanol–water partition coefficient (Wildman–Crippen LogP) is 3.12. The van der Waals surface area contributed by atoms with Crippen molar-refractivity contribution in [1.29, 1.82) is 0 Å². The van der Waals surface area contributed by atoms with E-state index in [1.165, 1.54) is 11.3 Å². The van der Waals surface area contributed by atoms with Gasteiger partial charge in [0.25, 0.3) is 0 Å². The van der Waals surface area contributed by atoms with Gasteiger partial charge in [0.05, 0.1) is 0 Å². The van der Waals surface area contributed by atoms with Crippen molar-refractivity contribution in [3.05, 3.63) is 41.1 Å². The summed E-state index contributed by atoms with van der Waals surface area (Å²) in [6.07, 6.45) is 0. The fourth-order valence-corrected chi connectivity index (χ4v) is 1.84. The molecule has 60 valence electrons. The molecule has 0 saturated heterocycles. The molecule has 0 saturated carbocycles. The van der Waals surface area contributed by atoms with Crippen molar-refractivity contribution < 1.29 is 5.11 Å². The van der Waals surface area contributed by atoms with Gasteiger partial charge in [0.15, 0.2) is 0 Å². The lowest BCUT2D eigenvalue weighted by Crippen LogP contribution is -1.71. The van der Waals surface area contributed by atoms with Crippen LogP contribution in [0.4, 0.5) is 0 Å². The molecule has 0 amide bonds. The first-order chi connectivity index (χ1) is 5.88. The smallest absolute Gasteiger partial charge is 0.134 e. The van der Waals surface area contributed by atoms with E-state index in [9.17, 15) is 5.11 Å². The fraction of sp³-hybridized carbons (Fsp3) is 0. The van der Waals surface area contributed by atoms with Gasteiger partial charge in [-0.25, -0.2) is 0 Å². The lowest BCUT2D eigenvalue weighted by Gasteiger charge is -1.96. The summed E-state index contributed by atoms with van der Waals surface area (Å²) in [7, 11) is 0. The van der Waals surface area contributed by atoms with E-state index in [0.717, 1.165) is 11.1 Å². The van der Waals surface area contributed by atoms with E-state index < -0.39 is 0 Å². The Balaban J connectivity index is 2.51. The van der Waals surface area contributed by atoms with E-state index in [2.05, 4.69) is 0 Å². The summed E-state index contributed by atoms with van der Waals surface area (Å²) < 4.78 is 0. The molecule has 2 heteroatoms. The van der Waals surface area contributed by atoms with Gasteiger partial charge in [-0.2, -0.15) is 0 Å². The van der Waals surface area contributed by atoms with Crippen LogP contribution in [0, 0.1) is 0 Å². The van der Waals surface area contributed by atoms with Crippen LogP contribution < -0.4 is 0 Å². The molecule has 2 rings (SSSR count). The maximum atomic E-state index is 9.41. The Labute approximate surface area is 74.9 Å². The molecule has 1 aromatic carbocycles. The normalized spacial score (nSPS) is 10.0. The molecule has 12 heavy (non-hydrogen) atoms. The summed E-state index contributed by atoms with van der Waals surface area (Å²) in [5, 5.41) is 13.1. The van der Waals surface area contributed by atoms with Gasteiger partial charge in [-0.3, -0.25) is 0 Å². The minimum atomic E-state index is 0.367. The average molecular weight is 176 g/mol. The third kappa shape index (κ3) is 1.21. The molecule has 0 radical (unpaired) electrons. The SMILES string of the molecule is Oc1cscc1-c1ccccc1. The van der Waals surface area contributed by atoms with Crippen molar-refractivity contribution in [2.45, 2.75) is 0 Å². The molecule has 0 spiro atoms. The van der Waals surface area contributed by atoms with Crippen molar-refractivity contribution in [3.8, 4) is 16.9 Å². The lowest BCUT2D eigenvalue weighted by atomic mass is 10.1. The molecular weight excluding hydrogens is 168 g/mol. The van der Waals surface area contributed by atoms with Crippen LogP contribution in [0.25, 0.3) is 11.1 Å². The van der Waals surface area contributed by atoms with Crippen LogP contribution in [0.3, 0.4) is 0 Å². The van der Waals surface area contributed by atoms with Crippen molar-refractivity contribution in [2.24, 2.45) is 0 Å². The molecular formula is C10H8OS. The van der Waals surface area contributed by atoms with Crippen molar-refractivity contribution >= 4 is 11.3 Å². The predicted molar refractivity (Wildman–Crippen MR) is 51.4 cm³/mol. The Morgan fingerprint density at radius 2 is 1.75 bits per heavy atom. The first-order valence-electron chi connectivity index (χ1n) is 3.68. The monoisotopic (exact) mass is 176 g/mol. The summed E-state index contributed by atoms with van der Waals surface area (Å²) >= 11 is 1.51. The maximum absolute atomic E-state index is 9.41. The van der Waals surface area contributed by atoms with Crippen LogP contribution in [-0.2, 0) is 0 Å². The molecule has 0 unspecified atom stereocenters. The topological polar surface area (TPSA) is 20.2 Å². The largest absolute Gasteiger partial charge is 0.506 e.